The molecule has 1 heterocycles. The molecule has 0 atom stereocenters. The van der Waals surface area contributed by atoms with Crippen molar-refractivity contribution in [1.29, 1.82) is 0 Å². The van der Waals surface area contributed by atoms with E-state index in [2.05, 4.69) is 10.1 Å². The summed E-state index contributed by atoms with van der Waals surface area (Å²) in [5.41, 5.74) is 6.30. The summed E-state index contributed by atoms with van der Waals surface area (Å²) in [6, 6.07) is 10.1. The number of thioether (sulfide) groups is 1. The average molecular weight is 277 g/mol. The number of benzene rings is 1. The van der Waals surface area contributed by atoms with Crippen molar-refractivity contribution < 1.29 is 9.60 Å². The Morgan fingerprint density at radius 3 is 2.84 bits per heavy atom. The zero-order valence-corrected chi connectivity index (χ0v) is 10.8. The molecule has 3 N–H and O–H groups in total. The van der Waals surface area contributed by atoms with Gasteiger partial charge in [0.15, 0.2) is 5.84 Å². The molecule has 1 aromatic heterocycles. The summed E-state index contributed by atoms with van der Waals surface area (Å²) in [4.78, 5) is 4.15. The van der Waals surface area contributed by atoms with Crippen molar-refractivity contribution in [3.05, 3.63) is 59.5 Å². The topological polar surface area (TPSA) is 71.5 Å². The van der Waals surface area contributed by atoms with Gasteiger partial charge in [-0.05, 0) is 23.8 Å². The second kappa shape index (κ2) is 6.19. The van der Waals surface area contributed by atoms with Gasteiger partial charge in [-0.2, -0.15) is 0 Å². The molecule has 0 saturated carbocycles. The van der Waals surface area contributed by atoms with Gasteiger partial charge in [-0.15, -0.1) is 11.8 Å². The van der Waals surface area contributed by atoms with Crippen LogP contribution in [-0.4, -0.2) is 16.0 Å². The van der Waals surface area contributed by atoms with Gasteiger partial charge in [0.05, 0.1) is 5.03 Å². The van der Waals surface area contributed by atoms with Gasteiger partial charge in [0.2, 0.25) is 0 Å². The van der Waals surface area contributed by atoms with Gasteiger partial charge < -0.3 is 10.9 Å². The summed E-state index contributed by atoms with van der Waals surface area (Å²) in [5, 5.41) is 12.2. The van der Waals surface area contributed by atoms with Crippen molar-refractivity contribution in [3.8, 4) is 0 Å². The summed E-state index contributed by atoms with van der Waals surface area (Å²) in [5.74, 6) is -0.0189. The van der Waals surface area contributed by atoms with E-state index in [4.69, 9.17) is 10.9 Å². The Kier molecular flexibility index (Phi) is 4.35. The van der Waals surface area contributed by atoms with Crippen LogP contribution in [0, 0.1) is 5.82 Å². The molecule has 0 saturated heterocycles. The van der Waals surface area contributed by atoms with E-state index in [1.54, 1.807) is 18.3 Å². The van der Waals surface area contributed by atoms with E-state index in [9.17, 15) is 4.39 Å². The first-order valence-corrected chi connectivity index (χ1v) is 6.49. The lowest BCUT2D eigenvalue weighted by Crippen LogP contribution is -2.13. The van der Waals surface area contributed by atoms with Crippen molar-refractivity contribution in [2.75, 3.05) is 0 Å². The van der Waals surface area contributed by atoms with Crippen molar-refractivity contribution in [2.45, 2.75) is 10.8 Å². The van der Waals surface area contributed by atoms with Crippen LogP contribution < -0.4 is 5.73 Å². The molecule has 0 radical (unpaired) electrons. The minimum atomic E-state index is -0.382. The lowest BCUT2D eigenvalue weighted by Gasteiger charge is -2.05. The van der Waals surface area contributed by atoms with Crippen LogP contribution in [0.3, 0.4) is 0 Å². The number of oxime groups is 1. The fraction of sp³-hybridized carbons (Fsp3) is 0.0769. The molecular formula is C13H12FN3OS. The molecule has 4 nitrogen and oxygen atoms in total. The second-order valence-corrected chi connectivity index (χ2v) is 4.74. The number of nitrogens with two attached hydrogens (primary N) is 1. The third kappa shape index (κ3) is 3.45. The zero-order chi connectivity index (χ0) is 13.7. The van der Waals surface area contributed by atoms with E-state index in [1.807, 2.05) is 18.2 Å². The van der Waals surface area contributed by atoms with Crippen molar-refractivity contribution in [3.63, 3.8) is 0 Å². The summed E-state index contributed by atoms with van der Waals surface area (Å²) in [6.45, 7) is 0. The van der Waals surface area contributed by atoms with E-state index < -0.39 is 0 Å². The molecule has 2 rings (SSSR count). The third-order valence-electron chi connectivity index (χ3n) is 2.47. The third-order valence-corrected chi connectivity index (χ3v) is 3.46. The number of pyridine rings is 1. The average Bonchev–Trinajstić information content (AvgIpc) is 2.46. The number of hydrogen-bond donors (Lipinski definition) is 2. The van der Waals surface area contributed by atoms with Crippen LogP contribution in [0.2, 0.25) is 0 Å². The Bertz CT molecular complexity index is 590. The Morgan fingerprint density at radius 2 is 2.21 bits per heavy atom. The van der Waals surface area contributed by atoms with E-state index in [1.165, 1.54) is 17.8 Å². The maximum atomic E-state index is 13.8. The number of amidine groups is 1. The van der Waals surface area contributed by atoms with E-state index >= 15 is 0 Å². The highest BCUT2D eigenvalue weighted by Gasteiger charge is 2.07. The van der Waals surface area contributed by atoms with Crippen LogP contribution in [0.15, 0.2) is 52.8 Å². The van der Waals surface area contributed by atoms with Gasteiger partial charge in [0, 0.05) is 17.5 Å². The van der Waals surface area contributed by atoms with Gasteiger partial charge >= 0.3 is 0 Å². The predicted octanol–water partition coefficient (Wildman–Crippen LogP) is 2.61. The van der Waals surface area contributed by atoms with Crippen LogP contribution >= 0.6 is 11.8 Å². The summed E-state index contributed by atoms with van der Waals surface area (Å²) in [6.07, 6.45) is 1.69. The molecule has 0 fully saturated rings. The fourth-order valence-electron chi connectivity index (χ4n) is 1.47. The van der Waals surface area contributed by atoms with Crippen LogP contribution in [-0.2, 0) is 5.75 Å². The lowest BCUT2D eigenvalue weighted by molar-refractivity contribution is 0.318. The predicted molar refractivity (Wildman–Crippen MR) is 72.7 cm³/mol. The summed E-state index contributed by atoms with van der Waals surface area (Å²) < 4.78 is 13.8. The summed E-state index contributed by atoms with van der Waals surface area (Å²) >= 11 is 1.45. The van der Waals surface area contributed by atoms with Crippen LogP contribution in [0.25, 0.3) is 0 Å². The summed E-state index contributed by atoms with van der Waals surface area (Å²) in [7, 11) is 0. The molecule has 0 aliphatic carbocycles. The number of nitrogens with zero attached hydrogens (tertiary/aromatic N) is 2. The van der Waals surface area contributed by atoms with Crippen LogP contribution in [0.5, 0.6) is 0 Å². The van der Waals surface area contributed by atoms with Crippen molar-refractivity contribution >= 4 is 17.6 Å². The number of rotatable bonds is 4. The molecule has 98 valence electrons. The monoisotopic (exact) mass is 277 g/mol. The number of aromatic nitrogens is 1. The molecule has 0 bridgehead atoms. The quantitative estimate of drug-likeness (QED) is 0.296. The Morgan fingerprint density at radius 1 is 1.37 bits per heavy atom. The first-order chi connectivity index (χ1) is 9.20. The molecule has 0 aliphatic rings. The maximum Gasteiger partial charge on any atom is 0.170 e. The number of halogens is 1. The largest absolute Gasteiger partial charge is 0.409 e. The molecule has 19 heavy (non-hydrogen) atoms. The molecular weight excluding hydrogens is 265 g/mol. The Labute approximate surface area is 114 Å². The SMILES string of the molecule is N/C(=N\O)c1ccc(CSc2ccccn2)c(F)c1. The van der Waals surface area contributed by atoms with E-state index in [0.29, 0.717) is 16.9 Å². The maximum absolute atomic E-state index is 13.8. The van der Waals surface area contributed by atoms with E-state index in [0.717, 1.165) is 5.03 Å². The van der Waals surface area contributed by atoms with Crippen molar-refractivity contribution in [1.82, 2.24) is 4.98 Å². The first-order valence-electron chi connectivity index (χ1n) is 5.51. The highest BCUT2D eigenvalue weighted by atomic mass is 32.2. The molecule has 0 amide bonds. The molecule has 0 spiro atoms. The smallest absolute Gasteiger partial charge is 0.170 e. The molecule has 1 aromatic carbocycles. The van der Waals surface area contributed by atoms with Gasteiger partial charge in [-0.25, -0.2) is 9.37 Å². The highest BCUT2D eigenvalue weighted by molar-refractivity contribution is 7.98. The Hall–Kier alpha value is -2.08. The standard InChI is InChI=1S/C13H12FN3OS/c14-11-7-9(13(15)17-18)4-5-10(11)8-19-12-3-1-2-6-16-12/h1-7,18H,8H2,(H2,15,17). The fourth-order valence-corrected chi connectivity index (χ4v) is 2.31. The number of hydrogen-bond acceptors (Lipinski definition) is 4. The van der Waals surface area contributed by atoms with Crippen molar-refractivity contribution in [2.24, 2.45) is 10.9 Å². The zero-order valence-electron chi connectivity index (χ0n) is 9.95. The molecule has 0 unspecified atom stereocenters. The first kappa shape index (κ1) is 13.4. The molecule has 2 aromatic rings. The van der Waals surface area contributed by atoms with Gasteiger partial charge in [0.1, 0.15) is 5.82 Å². The van der Waals surface area contributed by atoms with Crippen LogP contribution in [0.4, 0.5) is 4.39 Å². The normalized spacial score (nSPS) is 11.5. The molecule has 0 aliphatic heterocycles. The highest BCUT2D eigenvalue weighted by Crippen LogP contribution is 2.22. The Balaban J connectivity index is 2.10. The van der Waals surface area contributed by atoms with Gasteiger partial charge in [0.25, 0.3) is 0 Å². The van der Waals surface area contributed by atoms with Crippen LogP contribution in [0.1, 0.15) is 11.1 Å². The lowest BCUT2D eigenvalue weighted by atomic mass is 10.1. The minimum absolute atomic E-state index is 0.108. The second-order valence-electron chi connectivity index (χ2n) is 3.75. The van der Waals surface area contributed by atoms with Gasteiger partial charge in [-0.3, -0.25) is 0 Å². The molecule has 6 heteroatoms. The minimum Gasteiger partial charge on any atom is -0.409 e. The van der Waals surface area contributed by atoms with E-state index in [-0.39, 0.29) is 11.7 Å². The van der Waals surface area contributed by atoms with Gasteiger partial charge in [-0.1, -0.05) is 23.4 Å².